The summed E-state index contributed by atoms with van der Waals surface area (Å²) in [5, 5.41) is 9.94. The summed E-state index contributed by atoms with van der Waals surface area (Å²) in [6.45, 7) is 4.86. The van der Waals surface area contributed by atoms with Crippen molar-refractivity contribution < 1.29 is 9.90 Å². The lowest BCUT2D eigenvalue weighted by Crippen LogP contribution is -2.54. The van der Waals surface area contributed by atoms with Gasteiger partial charge >= 0.3 is 0 Å². The van der Waals surface area contributed by atoms with Crippen LogP contribution in [0.25, 0.3) is 0 Å². The van der Waals surface area contributed by atoms with Crippen molar-refractivity contribution in [2.45, 2.75) is 38.0 Å². The molecule has 5 nitrogen and oxygen atoms in total. The van der Waals surface area contributed by atoms with Gasteiger partial charge < -0.3 is 15.7 Å². The minimum absolute atomic E-state index is 0.0733. The van der Waals surface area contributed by atoms with E-state index < -0.39 is 6.10 Å². The highest BCUT2D eigenvalue weighted by Crippen LogP contribution is 2.24. The van der Waals surface area contributed by atoms with Gasteiger partial charge in [-0.05, 0) is 12.8 Å². The molecule has 0 bridgehead atoms. The second kappa shape index (κ2) is 4.69. The third kappa shape index (κ3) is 2.21. The normalized spacial score (nSPS) is 36.7. The Morgan fingerprint density at radius 1 is 1.25 bits per heavy atom. The monoisotopic (exact) mass is 227 g/mol. The van der Waals surface area contributed by atoms with E-state index in [-0.39, 0.29) is 18.0 Å². The van der Waals surface area contributed by atoms with E-state index in [1.807, 2.05) is 4.90 Å². The topological polar surface area (TPSA) is 69.8 Å². The fraction of sp³-hybridized carbons (Fsp3) is 0.909. The number of carbonyl (C=O) groups excluding carboxylic acids is 1. The van der Waals surface area contributed by atoms with Crippen LogP contribution in [0.5, 0.6) is 0 Å². The van der Waals surface area contributed by atoms with Crippen molar-refractivity contribution in [3.05, 3.63) is 0 Å². The first-order chi connectivity index (χ1) is 7.59. The number of hydrogen-bond donors (Lipinski definition) is 2. The van der Waals surface area contributed by atoms with Crippen LogP contribution in [0.2, 0.25) is 0 Å². The van der Waals surface area contributed by atoms with E-state index in [0.29, 0.717) is 0 Å². The van der Waals surface area contributed by atoms with E-state index in [9.17, 15) is 9.90 Å². The number of hydrogen-bond acceptors (Lipinski definition) is 4. The zero-order chi connectivity index (χ0) is 11.7. The van der Waals surface area contributed by atoms with Gasteiger partial charge in [0.2, 0.25) is 5.91 Å². The first-order valence-electron chi connectivity index (χ1n) is 6.03. The fourth-order valence-electron chi connectivity index (χ4n) is 2.76. The predicted molar refractivity (Wildman–Crippen MR) is 60.8 cm³/mol. The van der Waals surface area contributed by atoms with Crippen LogP contribution in [0, 0.1) is 0 Å². The van der Waals surface area contributed by atoms with Crippen LogP contribution in [0.3, 0.4) is 0 Å². The molecule has 0 spiro atoms. The molecule has 0 aromatic heterocycles. The summed E-state index contributed by atoms with van der Waals surface area (Å²) in [5.41, 5.74) is 5.81. The Hall–Kier alpha value is -0.650. The summed E-state index contributed by atoms with van der Waals surface area (Å²) in [7, 11) is 0. The smallest absolute Gasteiger partial charge is 0.219 e. The number of piperazine rings is 1. The zero-order valence-electron chi connectivity index (χ0n) is 9.80. The molecule has 2 aliphatic rings. The first-order valence-corrected chi connectivity index (χ1v) is 6.03. The van der Waals surface area contributed by atoms with Crippen molar-refractivity contribution in [2.75, 3.05) is 26.2 Å². The highest BCUT2D eigenvalue weighted by atomic mass is 16.3. The SMILES string of the molecule is CC(=O)N1CCN([C@@H]2CC[C@@H](N)[C@H]2O)CC1. The molecule has 2 rings (SSSR count). The van der Waals surface area contributed by atoms with Gasteiger partial charge in [-0.1, -0.05) is 0 Å². The number of rotatable bonds is 1. The standard InChI is InChI=1S/C11H21N3O2/c1-8(15)13-4-6-14(7-5-13)10-3-2-9(12)11(10)16/h9-11,16H,2-7,12H2,1H3/t9-,10-,11-/m1/s1. The van der Waals surface area contributed by atoms with E-state index in [0.717, 1.165) is 39.0 Å². The van der Waals surface area contributed by atoms with Crippen LogP contribution in [0.15, 0.2) is 0 Å². The van der Waals surface area contributed by atoms with Gasteiger partial charge in [0.1, 0.15) is 0 Å². The average Bonchev–Trinajstić information content (AvgIpc) is 2.60. The molecule has 0 aromatic rings. The van der Waals surface area contributed by atoms with Crippen molar-refractivity contribution in [2.24, 2.45) is 5.73 Å². The highest BCUT2D eigenvalue weighted by Gasteiger charge is 2.37. The molecule has 0 unspecified atom stereocenters. The number of nitrogens with zero attached hydrogens (tertiary/aromatic N) is 2. The number of carbonyl (C=O) groups is 1. The molecule has 1 saturated carbocycles. The summed E-state index contributed by atoms with van der Waals surface area (Å²) in [6.07, 6.45) is 1.48. The maximum atomic E-state index is 11.2. The van der Waals surface area contributed by atoms with E-state index in [1.165, 1.54) is 0 Å². The summed E-state index contributed by atoms with van der Waals surface area (Å²) in [6, 6.07) is 0.125. The van der Waals surface area contributed by atoms with Gasteiger partial charge in [-0.25, -0.2) is 0 Å². The molecule has 1 heterocycles. The minimum atomic E-state index is -0.399. The zero-order valence-corrected chi connectivity index (χ0v) is 9.80. The molecule has 3 atom stereocenters. The highest BCUT2D eigenvalue weighted by molar-refractivity contribution is 5.73. The minimum Gasteiger partial charge on any atom is -0.390 e. The van der Waals surface area contributed by atoms with E-state index in [1.54, 1.807) is 6.92 Å². The Bertz CT molecular complexity index is 264. The van der Waals surface area contributed by atoms with Gasteiger partial charge in [0, 0.05) is 45.2 Å². The van der Waals surface area contributed by atoms with E-state index in [2.05, 4.69) is 4.90 Å². The van der Waals surface area contributed by atoms with Gasteiger partial charge in [-0.2, -0.15) is 0 Å². The Kier molecular flexibility index (Phi) is 3.47. The van der Waals surface area contributed by atoms with Gasteiger partial charge in [0.05, 0.1) is 6.10 Å². The third-order valence-corrected chi connectivity index (χ3v) is 3.86. The second-order valence-electron chi connectivity index (χ2n) is 4.84. The van der Waals surface area contributed by atoms with Crippen molar-refractivity contribution in [1.29, 1.82) is 0 Å². The quantitative estimate of drug-likeness (QED) is 0.603. The molecule has 1 aliphatic heterocycles. The maximum Gasteiger partial charge on any atom is 0.219 e. The van der Waals surface area contributed by atoms with Crippen LogP contribution in [0.4, 0.5) is 0 Å². The molecule has 1 aliphatic carbocycles. The summed E-state index contributed by atoms with van der Waals surface area (Å²) in [4.78, 5) is 15.3. The summed E-state index contributed by atoms with van der Waals surface area (Å²) in [5.74, 6) is 0.142. The molecule has 92 valence electrons. The predicted octanol–water partition coefficient (Wildman–Crippen LogP) is -0.999. The molecule has 16 heavy (non-hydrogen) atoms. The van der Waals surface area contributed by atoms with Crippen molar-refractivity contribution in [3.8, 4) is 0 Å². The molecule has 2 fully saturated rings. The third-order valence-electron chi connectivity index (χ3n) is 3.86. The number of aliphatic hydroxyl groups is 1. The average molecular weight is 227 g/mol. The molecule has 3 N–H and O–H groups in total. The van der Waals surface area contributed by atoms with E-state index >= 15 is 0 Å². The molecular formula is C11H21N3O2. The summed E-state index contributed by atoms with van der Waals surface area (Å²) >= 11 is 0. The van der Waals surface area contributed by atoms with E-state index in [4.69, 9.17) is 5.73 Å². The molecule has 1 saturated heterocycles. The maximum absolute atomic E-state index is 11.2. The summed E-state index contributed by atoms with van der Waals surface area (Å²) < 4.78 is 0. The van der Waals surface area contributed by atoms with Gasteiger partial charge in [-0.3, -0.25) is 9.69 Å². The number of nitrogens with two attached hydrogens (primary N) is 1. The molecular weight excluding hydrogens is 206 g/mol. The van der Waals surface area contributed by atoms with Crippen molar-refractivity contribution in [3.63, 3.8) is 0 Å². The lowest BCUT2D eigenvalue weighted by Gasteiger charge is -2.39. The first kappa shape index (κ1) is 11.8. The Morgan fingerprint density at radius 3 is 2.31 bits per heavy atom. The Balaban J connectivity index is 1.87. The van der Waals surface area contributed by atoms with Crippen LogP contribution in [-0.4, -0.2) is 65.2 Å². The molecule has 1 amide bonds. The van der Waals surface area contributed by atoms with Crippen LogP contribution in [0.1, 0.15) is 19.8 Å². The largest absolute Gasteiger partial charge is 0.390 e. The van der Waals surface area contributed by atoms with Crippen molar-refractivity contribution in [1.82, 2.24) is 9.80 Å². The Labute approximate surface area is 96.2 Å². The second-order valence-corrected chi connectivity index (χ2v) is 4.84. The number of amides is 1. The molecule has 0 aromatic carbocycles. The van der Waals surface area contributed by atoms with Crippen molar-refractivity contribution >= 4 is 5.91 Å². The lowest BCUT2D eigenvalue weighted by molar-refractivity contribution is -0.131. The number of aliphatic hydroxyl groups excluding tert-OH is 1. The van der Waals surface area contributed by atoms with Crippen LogP contribution >= 0.6 is 0 Å². The van der Waals surface area contributed by atoms with Crippen LogP contribution < -0.4 is 5.73 Å². The lowest BCUT2D eigenvalue weighted by atomic mass is 10.1. The van der Waals surface area contributed by atoms with Gasteiger partial charge in [-0.15, -0.1) is 0 Å². The van der Waals surface area contributed by atoms with Gasteiger partial charge in [0.15, 0.2) is 0 Å². The van der Waals surface area contributed by atoms with Gasteiger partial charge in [0.25, 0.3) is 0 Å². The van der Waals surface area contributed by atoms with Crippen LogP contribution in [-0.2, 0) is 4.79 Å². The molecule has 5 heteroatoms. The fourth-order valence-corrected chi connectivity index (χ4v) is 2.76. The molecule has 0 radical (unpaired) electrons. The Morgan fingerprint density at radius 2 is 1.88 bits per heavy atom.